The first-order valence-corrected chi connectivity index (χ1v) is 6.93. The van der Waals surface area contributed by atoms with Gasteiger partial charge in [-0.05, 0) is 45.5 Å². The van der Waals surface area contributed by atoms with E-state index in [4.69, 9.17) is 0 Å². The fourth-order valence-corrected chi connectivity index (χ4v) is 3.44. The highest BCUT2D eigenvalue weighted by molar-refractivity contribution is 5.85. The van der Waals surface area contributed by atoms with Crippen LogP contribution in [-0.4, -0.2) is 35.7 Å². The van der Waals surface area contributed by atoms with E-state index in [0.717, 1.165) is 12.8 Å². The Morgan fingerprint density at radius 1 is 1.32 bits per heavy atom. The van der Waals surface area contributed by atoms with Crippen LogP contribution in [-0.2, 0) is 0 Å². The third-order valence-electron chi connectivity index (χ3n) is 4.52. The van der Waals surface area contributed by atoms with Crippen molar-refractivity contribution in [3.8, 4) is 0 Å². The number of aliphatic hydroxyl groups is 1. The predicted molar refractivity (Wildman–Crippen MR) is 78.2 cm³/mol. The molecule has 1 fully saturated rings. The average molecular weight is 258 g/mol. The van der Waals surface area contributed by atoms with Gasteiger partial charge in [0.2, 0.25) is 0 Å². The number of nitrogens with zero attached hydrogens (tertiary/aromatic N) is 1. The summed E-state index contributed by atoms with van der Waals surface area (Å²) in [6, 6.07) is 8.74. The van der Waals surface area contributed by atoms with E-state index in [-0.39, 0.29) is 18.1 Å². The van der Waals surface area contributed by atoms with Gasteiger partial charge in [0.05, 0.1) is 6.61 Å². The van der Waals surface area contributed by atoms with Crippen LogP contribution >= 0.6 is 0 Å². The second-order valence-electron chi connectivity index (χ2n) is 6.10. The summed E-state index contributed by atoms with van der Waals surface area (Å²) in [6.07, 6.45) is 2.23. The molecule has 1 aromatic heterocycles. The molecule has 1 heterocycles. The number of fused-ring (bicyclic) bond motifs is 1. The van der Waals surface area contributed by atoms with Crippen molar-refractivity contribution < 1.29 is 5.11 Å². The zero-order valence-electron chi connectivity index (χ0n) is 11.9. The van der Waals surface area contributed by atoms with Crippen LogP contribution in [0.25, 0.3) is 10.9 Å². The van der Waals surface area contributed by atoms with Crippen LogP contribution in [0.5, 0.6) is 0 Å². The summed E-state index contributed by atoms with van der Waals surface area (Å²) < 4.78 is 0. The van der Waals surface area contributed by atoms with Crippen molar-refractivity contribution in [3.05, 3.63) is 35.5 Å². The topological polar surface area (TPSA) is 39.3 Å². The maximum absolute atomic E-state index is 9.80. The second-order valence-corrected chi connectivity index (χ2v) is 6.10. The summed E-state index contributed by atoms with van der Waals surface area (Å²) in [5.41, 5.74) is 3.82. The third-order valence-corrected chi connectivity index (χ3v) is 4.52. The Bertz CT molecular complexity index is 596. The Labute approximate surface area is 114 Å². The van der Waals surface area contributed by atoms with Gasteiger partial charge in [-0.1, -0.05) is 18.2 Å². The van der Waals surface area contributed by atoms with Gasteiger partial charge in [0.15, 0.2) is 0 Å². The van der Waals surface area contributed by atoms with E-state index in [9.17, 15) is 5.11 Å². The number of H-pyrrole nitrogens is 1. The maximum Gasteiger partial charge on any atom is 0.0505 e. The van der Waals surface area contributed by atoms with E-state index in [0.29, 0.717) is 0 Å². The molecule has 1 aliphatic carbocycles. The van der Waals surface area contributed by atoms with Gasteiger partial charge in [0.25, 0.3) is 0 Å². The minimum absolute atomic E-state index is 0.0548. The van der Waals surface area contributed by atoms with Gasteiger partial charge in [0, 0.05) is 28.1 Å². The zero-order chi connectivity index (χ0) is 13.6. The molecule has 2 aromatic rings. The number of aryl methyl sites for hydroxylation is 1. The molecule has 1 atom stereocenters. The smallest absolute Gasteiger partial charge is 0.0505 e. The summed E-state index contributed by atoms with van der Waals surface area (Å²) in [7, 11) is 4.23. The van der Waals surface area contributed by atoms with Crippen LogP contribution in [0, 0.1) is 12.3 Å². The number of hydrogen-bond donors (Lipinski definition) is 2. The molecule has 3 rings (SSSR count). The second kappa shape index (κ2) is 4.36. The highest BCUT2D eigenvalue weighted by Gasteiger charge is 2.51. The lowest BCUT2D eigenvalue weighted by molar-refractivity contribution is 0.116. The molecule has 0 amide bonds. The lowest BCUT2D eigenvalue weighted by atomic mass is 9.88. The molecule has 1 aromatic carbocycles. The largest absolute Gasteiger partial charge is 0.396 e. The third kappa shape index (κ3) is 1.88. The molecular weight excluding hydrogens is 236 g/mol. The molecule has 1 unspecified atom stereocenters. The Kier molecular flexibility index (Phi) is 2.91. The van der Waals surface area contributed by atoms with Crippen molar-refractivity contribution in [2.24, 2.45) is 5.41 Å². The number of aromatic amines is 1. The molecule has 3 nitrogen and oxygen atoms in total. The summed E-state index contributed by atoms with van der Waals surface area (Å²) in [6.45, 7) is 2.41. The number of nitrogens with one attached hydrogen (secondary N) is 1. The van der Waals surface area contributed by atoms with Gasteiger partial charge in [-0.3, -0.25) is 0 Å². The summed E-state index contributed by atoms with van der Waals surface area (Å²) in [5.74, 6) is 0. The van der Waals surface area contributed by atoms with Gasteiger partial charge in [0.1, 0.15) is 0 Å². The molecule has 0 saturated heterocycles. The number of para-hydroxylation sites is 1. The summed E-state index contributed by atoms with van der Waals surface area (Å²) in [5, 5.41) is 11.1. The van der Waals surface area contributed by atoms with Crippen molar-refractivity contribution in [1.29, 1.82) is 0 Å². The Hall–Kier alpha value is -1.32. The molecule has 0 bridgehead atoms. The molecular formula is C16H22N2O. The quantitative estimate of drug-likeness (QED) is 0.885. The van der Waals surface area contributed by atoms with Crippen molar-refractivity contribution in [2.75, 3.05) is 20.7 Å². The van der Waals surface area contributed by atoms with Gasteiger partial charge in [-0.15, -0.1) is 0 Å². The number of rotatable bonds is 4. The predicted octanol–water partition coefficient (Wildman–Crippen LogP) is 2.85. The van der Waals surface area contributed by atoms with E-state index in [1.807, 2.05) is 0 Å². The van der Waals surface area contributed by atoms with Crippen LogP contribution < -0.4 is 0 Å². The van der Waals surface area contributed by atoms with Crippen LogP contribution in [0.4, 0.5) is 0 Å². The highest BCUT2D eigenvalue weighted by atomic mass is 16.3. The molecule has 19 heavy (non-hydrogen) atoms. The van der Waals surface area contributed by atoms with Gasteiger partial charge in [-0.25, -0.2) is 0 Å². The summed E-state index contributed by atoms with van der Waals surface area (Å²) in [4.78, 5) is 5.73. The van der Waals surface area contributed by atoms with Gasteiger partial charge in [-0.2, -0.15) is 0 Å². The number of aromatic nitrogens is 1. The Morgan fingerprint density at radius 2 is 2.00 bits per heavy atom. The van der Waals surface area contributed by atoms with Crippen molar-refractivity contribution >= 4 is 10.9 Å². The highest BCUT2D eigenvalue weighted by Crippen LogP contribution is 2.57. The monoisotopic (exact) mass is 258 g/mol. The number of hydrogen-bond acceptors (Lipinski definition) is 2. The van der Waals surface area contributed by atoms with E-state index >= 15 is 0 Å². The normalized spacial score (nSPS) is 19.0. The van der Waals surface area contributed by atoms with E-state index < -0.39 is 0 Å². The van der Waals surface area contributed by atoms with Crippen molar-refractivity contribution in [2.45, 2.75) is 25.8 Å². The standard InChI is InChI=1S/C16H22N2O/c1-11-14(12-6-4-5-7-13(12)17-11)15(18(2)3)16(10-19)8-9-16/h4-7,15,17,19H,8-10H2,1-3H3. The SMILES string of the molecule is Cc1[nH]c2ccccc2c1C(N(C)C)C1(CO)CC1. The van der Waals surface area contributed by atoms with Gasteiger partial charge < -0.3 is 15.0 Å². The molecule has 2 N–H and O–H groups in total. The fourth-order valence-electron chi connectivity index (χ4n) is 3.44. The molecule has 0 radical (unpaired) electrons. The van der Waals surface area contributed by atoms with Crippen LogP contribution in [0.3, 0.4) is 0 Å². The molecule has 0 spiro atoms. The molecule has 1 saturated carbocycles. The van der Waals surface area contributed by atoms with Crippen LogP contribution in [0.2, 0.25) is 0 Å². The van der Waals surface area contributed by atoms with Crippen molar-refractivity contribution in [1.82, 2.24) is 9.88 Å². The fraction of sp³-hybridized carbons (Fsp3) is 0.500. The minimum Gasteiger partial charge on any atom is -0.396 e. The zero-order valence-corrected chi connectivity index (χ0v) is 11.9. The first-order chi connectivity index (χ1) is 9.09. The first kappa shape index (κ1) is 12.7. The van der Waals surface area contributed by atoms with Gasteiger partial charge >= 0.3 is 0 Å². The van der Waals surface area contributed by atoms with E-state index in [1.165, 1.54) is 22.2 Å². The van der Waals surface area contributed by atoms with E-state index in [1.54, 1.807) is 0 Å². The maximum atomic E-state index is 9.80. The van der Waals surface area contributed by atoms with Crippen LogP contribution in [0.15, 0.2) is 24.3 Å². The molecule has 1 aliphatic rings. The number of benzene rings is 1. The first-order valence-electron chi connectivity index (χ1n) is 6.93. The van der Waals surface area contributed by atoms with Crippen molar-refractivity contribution in [3.63, 3.8) is 0 Å². The van der Waals surface area contributed by atoms with E-state index in [2.05, 4.69) is 55.2 Å². The van der Waals surface area contributed by atoms with Crippen LogP contribution in [0.1, 0.15) is 30.1 Å². The molecule has 3 heteroatoms. The molecule has 102 valence electrons. The lowest BCUT2D eigenvalue weighted by Crippen LogP contribution is -2.31. The molecule has 0 aliphatic heterocycles. The Balaban J connectivity index is 2.18. The average Bonchev–Trinajstić information content (AvgIpc) is 3.10. The minimum atomic E-state index is 0.0548. The Morgan fingerprint density at radius 3 is 2.58 bits per heavy atom. The lowest BCUT2D eigenvalue weighted by Gasteiger charge is -2.32. The summed E-state index contributed by atoms with van der Waals surface area (Å²) >= 11 is 0. The number of aliphatic hydroxyl groups excluding tert-OH is 1.